The molecular weight excluding hydrogens is 1340 g/mol. The van der Waals surface area contributed by atoms with E-state index < -0.39 is 97.5 Å². The number of hydrogen-bond acceptors (Lipinski definition) is 15. The Balaban J connectivity index is 5.24. The number of phosphoric ester groups is 2. The zero-order valence-electron chi connectivity index (χ0n) is 67.8. The summed E-state index contributed by atoms with van der Waals surface area (Å²) in [6.07, 6.45) is 63.6. The molecule has 0 amide bonds. The molecule has 0 saturated heterocycles. The van der Waals surface area contributed by atoms with E-state index in [9.17, 15) is 43.2 Å². The first-order valence-electron chi connectivity index (χ1n) is 43.5. The van der Waals surface area contributed by atoms with Crippen LogP contribution < -0.4 is 0 Å². The van der Waals surface area contributed by atoms with E-state index in [1.807, 2.05) is 0 Å². The van der Waals surface area contributed by atoms with Gasteiger partial charge in [-0.25, -0.2) is 9.13 Å². The maximum Gasteiger partial charge on any atom is 0.472 e. The van der Waals surface area contributed by atoms with E-state index in [0.717, 1.165) is 108 Å². The number of aliphatic hydroxyl groups excluding tert-OH is 1. The summed E-state index contributed by atoms with van der Waals surface area (Å²) in [7, 11) is -9.93. The van der Waals surface area contributed by atoms with E-state index in [-0.39, 0.29) is 25.7 Å². The van der Waals surface area contributed by atoms with E-state index in [2.05, 4.69) is 48.5 Å². The second-order valence-electron chi connectivity index (χ2n) is 30.9. The minimum atomic E-state index is -4.96. The van der Waals surface area contributed by atoms with Crippen molar-refractivity contribution in [2.75, 3.05) is 39.6 Å². The smallest absolute Gasteiger partial charge is 0.462 e. The number of hydrogen-bond donors (Lipinski definition) is 3. The second kappa shape index (κ2) is 74.2. The highest BCUT2D eigenvalue weighted by molar-refractivity contribution is 7.47. The highest BCUT2D eigenvalue weighted by atomic mass is 31.2. The Hall–Kier alpha value is -1.94. The van der Waals surface area contributed by atoms with Gasteiger partial charge in [0.2, 0.25) is 0 Å². The summed E-state index contributed by atoms with van der Waals surface area (Å²) >= 11 is 0. The number of rotatable bonds is 82. The summed E-state index contributed by atoms with van der Waals surface area (Å²) in [5, 5.41) is 10.7. The van der Waals surface area contributed by atoms with Crippen molar-refractivity contribution in [3.8, 4) is 0 Å². The molecular formula is C84H164O17P2. The molecule has 0 fully saturated rings. The number of aliphatic hydroxyl groups is 1. The van der Waals surface area contributed by atoms with Gasteiger partial charge in [-0.15, -0.1) is 0 Å². The van der Waals surface area contributed by atoms with Gasteiger partial charge in [-0.3, -0.25) is 37.3 Å². The van der Waals surface area contributed by atoms with Crippen LogP contribution in [0.25, 0.3) is 0 Å². The fraction of sp³-hybridized carbons (Fsp3) is 0.952. The molecule has 0 radical (unpaired) electrons. The van der Waals surface area contributed by atoms with Gasteiger partial charge in [0.25, 0.3) is 0 Å². The molecule has 0 rings (SSSR count). The van der Waals surface area contributed by atoms with Crippen LogP contribution in [0.4, 0.5) is 0 Å². The lowest BCUT2D eigenvalue weighted by molar-refractivity contribution is -0.161. The van der Waals surface area contributed by atoms with Crippen LogP contribution in [0.5, 0.6) is 0 Å². The molecule has 0 aromatic heterocycles. The Morgan fingerprint density at radius 3 is 0.689 bits per heavy atom. The van der Waals surface area contributed by atoms with Crippen molar-refractivity contribution in [3.63, 3.8) is 0 Å². The Bertz CT molecular complexity index is 2000. The van der Waals surface area contributed by atoms with Crippen molar-refractivity contribution in [2.24, 2.45) is 17.8 Å². The molecule has 0 bridgehead atoms. The Kier molecular flexibility index (Phi) is 72.8. The first kappa shape index (κ1) is 101. The van der Waals surface area contributed by atoms with Crippen molar-refractivity contribution in [3.05, 3.63) is 0 Å². The van der Waals surface area contributed by atoms with Gasteiger partial charge in [0.05, 0.1) is 26.4 Å². The predicted molar refractivity (Wildman–Crippen MR) is 423 cm³/mol. The second-order valence-corrected chi connectivity index (χ2v) is 33.9. The van der Waals surface area contributed by atoms with Crippen molar-refractivity contribution < 1.29 is 80.2 Å². The molecule has 103 heavy (non-hydrogen) atoms. The molecule has 0 spiro atoms. The van der Waals surface area contributed by atoms with Gasteiger partial charge in [0.1, 0.15) is 19.3 Å². The highest BCUT2D eigenvalue weighted by Crippen LogP contribution is 2.45. The Labute approximate surface area is 632 Å². The minimum Gasteiger partial charge on any atom is -0.462 e. The standard InChI is InChI=1S/C84H164O17P2/c1-8-12-13-14-15-16-17-24-28-37-44-51-58-65-81(86)94-71-80(101-84(89)68-61-54-47-40-33-31-36-43-50-57-64-77(7)11-4)74-99-103(92,93)97-70-78(85)69-96-102(90,91)98-73-79(72-95-82(87)66-59-52-45-38-32-30-35-42-49-56-63-76(6)10-3)100-83(88)67-60-53-46-39-29-26-23-21-19-18-20-22-25-27-34-41-48-55-62-75(5)9-2/h75-80,85H,8-74H2,1-7H3,(H,90,91)(H,92,93)/t75?,76?,77?,78-,79-,80-/m1/s1. The number of phosphoric acid groups is 2. The third-order valence-electron chi connectivity index (χ3n) is 20.7. The Morgan fingerprint density at radius 2 is 0.466 bits per heavy atom. The quantitative estimate of drug-likeness (QED) is 0.0222. The van der Waals surface area contributed by atoms with Crippen molar-refractivity contribution >= 4 is 39.5 Å². The Morgan fingerprint density at radius 1 is 0.272 bits per heavy atom. The molecule has 17 nitrogen and oxygen atoms in total. The number of carbonyl (C=O) groups excluding carboxylic acids is 4. The van der Waals surface area contributed by atoms with Gasteiger partial charge >= 0.3 is 39.5 Å². The van der Waals surface area contributed by atoms with E-state index >= 15 is 0 Å². The maximum absolute atomic E-state index is 13.1. The molecule has 0 aromatic carbocycles. The molecule has 0 aliphatic heterocycles. The molecule has 0 aliphatic rings. The number of esters is 4. The van der Waals surface area contributed by atoms with Crippen LogP contribution in [0.1, 0.15) is 440 Å². The average Bonchev–Trinajstić information content (AvgIpc) is 0.945. The minimum absolute atomic E-state index is 0.107. The first-order valence-corrected chi connectivity index (χ1v) is 46.5. The van der Waals surface area contributed by atoms with E-state index in [1.54, 1.807) is 0 Å². The lowest BCUT2D eigenvalue weighted by Gasteiger charge is -2.21. The summed E-state index contributed by atoms with van der Waals surface area (Å²) in [6.45, 7) is 12.1. The molecule has 0 saturated carbocycles. The summed E-state index contributed by atoms with van der Waals surface area (Å²) in [4.78, 5) is 73.2. The summed E-state index contributed by atoms with van der Waals surface area (Å²) in [5.41, 5.74) is 0. The topological polar surface area (TPSA) is 237 Å². The van der Waals surface area contributed by atoms with Gasteiger partial charge in [0, 0.05) is 25.7 Å². The average molecular weight is 1510 g/mol. The van der Waals surface area contributed by atoms with Crippen molar-refractivity contribution in [2.45, 2.75) is 458 Å². The zero-order chi connectivity index (χ0) is 75.8. The summed E-state index contributed by atoms with van der Waals surface area (Å²) in [6, 6.07) is 0. The van der Waals surface area contributed by atoms with Gasteiger partial charge < -0.3 is 33.8 Å². The van der Waals surface area contributed by atoms with E-state index in [4.69, 9.17) is 37.0 Å². The van der Waals surface area contributed by atoms with Crippen molar-refractivity contribution in [1.82, 2.24) is 0 Å². The lowest BCUT2D eigenvalue weighted by Crippen LogP contribution is -2.30. The van der Waals surface area contributed by atoms with Gasteiger partial charge in [-0.1, -0.05) is 389 Å². The highest BCUT2D eigenvalue weighted by Gasteiger charge is 2.30. The molecule has 5 unspecified atom stereocenters. The largest absolute Gasteiger partial charge is 0.472 e. The van der Waals surface area contributed by atoms with Gasteiger partial charge in [0.15, 0.2) is 12.2 Å². The maximum atomic E-state index is 13.1. The van der Waals surface area contributed by atoms with E-state index in [1.165, 1.54) is 250 Å². The van der Waals surface area contributed by atoms with Crippen LogP contribution in [0.3, 0.4) is 0 Å². The molecule has 0 aromatic rings. The van der Waals surface area contributed by atoms with Crippen molar-refractivity contribution in [1.29, 1.82) is 0 Å². The SMILES string of the molecule is CCCCCCCCCCCCCCCC(=O)OC[C@H](COP(=O)(O)OC[C@H](O)COP(=O)(O)OC[C@@H](COC(=O)CCCCCCCCCCCCC(C)CC)OC(=O)CCCCCCCCCCCCCCCCCCCCC(C)CC)OC(=O)CCCCCCCCCCCCC(C)CC. The predicted octanol–water partition coefficient (Wildman–Crippen LogP) is 25.3. The summed E-state index contributed by atoms with van der Waals surface area (Å²) in [5.74, 6) is 0.377. The van der Waals surface area contributed by atoms with Crippen LogP contribution in [0, 0.1) is 17.8 Å². The van der Waals surface area contributed by atoms with Crippen LogP contribution in [0.2, 0.25) is 0 Å². The fourth-order valence-corrected chi connectivity index (χ4v) is 14.5. The van der Waals surface area contributed by atoms with Crippen LogP contribution in [0.15, 0.2) is 0 Å². The van der Waals surface area contributed by atoms with E-state index in [0.29, 0.717) is 25.7 Å². The zero-order valence-corrected chi connectivity index (χ0v) is 69.6. The van der Waals surface area contributed by atoms with Crippen LogP contribution in [-0.2, 0) is 65.4 Å². The number of carbonyl (C=O) groups is 4. The number of unbranched alkanes of at least 4 members (excludes halogenated alkanes) is 47. The molecule has 0 heterocycles. The molecule has 19 heteroatoms. The monoisotopic (exact) mass is 1510 g/mol. The van der Waals surface area contributed by atoms with Crippen LogP contribution >= 0.6 is 15.6 Å². The lowest BCUT2D eigenvalue weighted by atomic mass is 9.99. The van der Waals surface area contributed by atoms with Gasteiger partial charge in [-0.2, -0.15) is 0 Å². The van der Waals surface area contributed by atoms with Crippen LogP contribution in [-0.4, -0.2) is 96.7 Å². The normalized spacial score (nSPS) is 14.7. The first-order chi connectivity index (χ1) is 49.8. The summed E-state index contributed by atoms with van der Waals surface area (Å²) < 4.78 is 68.8. The van der Waals surface area contributed by atoms with Gasteiger partial charge in [-0.05, 0) is 43.4 Å². The molecule has 0 aliphatic carbocycles. The fourth-order valence-electron chi connectivity index (χ4n) is 12.9. The third-order valence-corrected chi connectivity index (χ3v) is 22.6. The molecule has 612 valence electrons. The number of ether oxygens (including phenoxy) is 4. The molecule has 3 N–H and O–H groups in total. The third kappa shape index (κ3) is 74.0. The molecule has 8 atom stereocenters.